The van der Waals surface area contributed by atoms with E-state index in [1.807, 2.05) is 19.1 Å². The Bertz CT molecular complexity index is 1470. The topological polar surface area (TPSA) is 120 Å². The van der Waals surface area contributed by atoms with E-state index in [0.717, 1.165) is 16.8 Å². The maximum atomic E-state index is 13.5. The molecule has 2 aromatic carbocycles. The summed E-state index contributed by atoms with van der Waals surface area (Å²) >= 11 is 0. The first kappa shape index (κ1) is 24.3. The lowest BCUT2D eigenvalue weighted by atomic mass is 9.84. The average Bonchev–Trinajstić information content (AvgIpc) is 3.30. The van der Waals surface area contributed by atoms with Gasteiger partial charge in [0.05, 0.1) is 29.5 Å². The van der Waals surface area contributed by atoms with Gasteiger partial charge in [-0.3, -0.25) is 4.98 Å². The quantitative estimate of drug-likeness (QED) is 0.402. The van der Waals surface area contributed by atoms with Crippen LogP contribution in [-0.2, 0) is 25.9 Å². The van der Waals surface area contributed by atoms with E-state index >= 15 is 0 Å². The number of halogens is 1. The van der Waals surface area contributed by atoms with Crippen LogP contribution in [0.3, 0.4) is 0 Å². The largest absolute Gasteiger partial charge is 0.345 e. The number of ether oxygens (including phenoxy) is 2. The molecule has 3 heterocycles. The molecule has 0 atom stereocenters. The Morgan fingerprint density at radius 2 is 1.69 bits per heavy atom. The van der Waals surface area contributed by atoms with E-state index in [-0.39, 0.29) is 10.7 Å². The number of nitrogens with one attached hydrogen (secondary N) is 1. The van der Waals surface area contributed by atoms with Crippen molar-refractivity contribution < 1.29 is 22.3 Å². The van der Waals surface area contributed by atoms with Gasteiger partial charge in [0.25, 0.3) is 0 Å². The Morgan fingerprint density at radius 3 is 2.36 bits per heavy atom. The molecule has 0 spiro atoms. The van der Waals surface area contributed by atoms with Crippen LogP contribution in [0.1, 0.15) is 24.6 Å². The average molecular weight is 509 g/mol. The molecular formula is C26H25FN4O4S. The number of rotatable bonds is 6. The number of imidazole rings is 1. The van der Waals surface area contributed by atoms with Crippen molar-refractivity contribution in [1.29, 1.82) is 0 Å². The fourth-order valence-electron chi connectivity index (χ4n) is 4.34. The highest BCUT2D eigenvalue weighted by atomic mass is 32.2. The second-order valence-electron chi connectivity index (χ2n) is 9.18. The summed E-state index contributed by atoms with van der Waals surface area (Å²) in [5, 5.41) is 5.40. The summed E-state index contributed by atoms with van der Waals surface area (Å²) in [7, 11) is -3.85. The number of aromatic nitrogens is 3. The van der Waals surface area contributed by atoms with Gasteiger partial charge in [-0.15, -0.1) is 0 Å². The number of hydrogen-bond donors (Lipinski definition) is 2. The van der Waals surface area contributed by atoms with Crippen molar-refractivity contribution in [1.82, 2.24) is 15.0 Å². The first-order valence-corrected chi connectivity index (χ1v) is 12.9. The molecule has 5 rings (SSSR count). The molecule has 36 heavy (non-hydrogen) atoms. The zero-order valence-corrected chi connectivity index (χ0v) is 20.3. The van der Waals surface area contributed by atoms with Crippen molar-refractivity contribution in [2.45, 2.75) is 24.5 Å². The van der Waals surface area contributed by atoms with Gasteiger partial charge in [-0.05, 0) is 54.4 Å². The lowest BCUT2D eigenvalue weighted by Gasteiger charge is -2.37. The van der Waals surface area contributed by atoms with E-state index < -0.39 is 21.7 Å². The fourth-order valence-corrected chi connectivity index (χ4v) is 5.11. The summed E-state index contributed by atoms with van der Waals surface area (Å²) in [6, 6.07) is 16.5. The lowest BCUT2D eigenvalue weighted by Crippen LogP contribution is -2.38. The number of benzene rings is 2. The van der Waals surface area contributed by atoms with Gasteiger partial charge >= 0.3 is 0 Å². The molecule has 8 nitrogen and oxygen atoms in total. The van der Waals surface area contributed by atoms with Gasteiger partial charge in [0, 0.05) is 28.9 Å². The molecule has 1 fully saturated rings. The highest BCUT2D eigenvalue weighted by Gasteiger charge is 2.36. The number of nitrogens with zero attached hydrogens (tertiary/aromatic N) is 2. The van der Waals surface area contributed by atoms with Crippen LogP contribution in [0.2, 0.25) is 0 Å². The van der Waals surface area contributed by atoms with Crippen LogP contribution in [0.5, 0.6) is 0 Å². The first-order chi connectivity index (χ1) is 17.2. The Morgan fingerprint density at radius 1 is 1.03 bits per heavy atom. The molecule has 2 aromatic heterocycles. The molecule has 186 valence electrons. The minimum atomic E-state index is -3.85. The number of hydrogen-bond acceptors (Lipinski definition) is 6. The van der Waals surface area contributed by atoms with Crippen molar-refractivity contribution in [3.05, 3.63) is 90.3 Å². The standard InChI is InChI=1S/C26H25FN4O4S/c1-26(14-19-4-2-3-5-21(19)36(28,32)33)15-34-25(35-16-26)24-30-22(17-6-8-20(27)9-7-17)23(31-24)18-10-12-29-13-11-18/h2-13,25H,14-16H2,1H3,(H,30,31)(H2,28,32,33). The van der Waals surface area contributed by atoms with Gasteiger partial charge < -0.3 is 14.5 Å². The van der Waals surface area contributed by atoms with Gasteiger partial charge in [-0.2, -0.15) is 0 Å². The molecule has 10 heteroatoms. The van der Waals surface area contributed by atoms with Crippen LogP contribution < -0.4 is 5.14 Å². The Labute approximate surface area is 208 Å². The molecule has 1 saturated heterocycles. The molecular weight excluding hydrogens is 483 g/mol. The third-order valence-corrected chi connectivity index (χ3v) is 7.11. The van der Waals surface area contributed by atoms with E-state index in [9.17, 15) is 12.8 Å². The van der Waals surface area contributed by atoms with Gasteiger partial charge in [0.2, 0.25) is 16.3 Å². The fraction of sp³-hybridized carbons (Fsp3) is 0.231. The number of nitrogens with two attached hydrogens (primary N) is 1. The van der Waals surface area contributed by atoms with Crippen LogP contribution in [0, 0.1) is 11.2 Å². The van der Waals surface area contributed by atoms with Gasteiger partial charge in [0.15, 0.2) is 5.82 Å². The Hall–Kier alpha value is -3.44. The number of aromatic amines is 1. The van der Waals surface area contributed by atoms with Gasteiger partial charge in [-0.25, -0.2) is 22.9 Å². The molecule has 1 aliphatic rings. The predicted octanol–water partition coefficient (Wildman–Crippen LogP) is 4.22. The summed E-state index contributed by atoms with van der Waals surface area (Å²) in [6.07, 6.45) is 3.03. The highest BCUT2D eigenvalue weighted by molar-refractivity contribution is 7.89. The highest BCUT2D eigenvalue weighted by Crippen LogP contribution is 2.37. The second-order valence-corrected chi connectivity index (χ2v) is 10.7. The van der Waals surface area contributed by atoms with E-state index in [0.29, 0.717) is 36.7 Å². The summed E-state index contributed by atoms with van der Waals surface area (Å²) in [6.45, 7) is 2.60. The second kappa shape index (κ2) is 9.55. The molecule has 4 aromatic rings. The molecule has 0 radical (unpaired) electrons. The minimum absolute atomic E-state index is 0.102. The zero-order chi connectivity index (χ0) is 25.3. The van der Waals surface area contributed by atoms with Crippen molar-refractivity contribution >= 4 is 10.0 Å². The number of pyridine rings is 1. The van der Waals surface area contributed by atoms with Crippen LogP contribution in [0.4, 0.5) is 4.39 Å². The van der Waals surface area contributed by atoms with Crippen molar-refractivity contribution in [2.24, 2.45) is 10.6 Å². The molecule has 0 bridgehead atoms. The number of H-pyrrole nitrogens is 1. The summed E-state index contributed by atoms with van der Waals surface area (Å²) in [5.41, 5.74) is 3.12. The summed E-state index contributed by atoms with van der Waals surface area (Å²) in [5.74, 6) is 0.148. The van der Waals surface area contributed by atoms with Crippen molar-refractivity contribution in [3.8, 4) is 22.5 Å². The molecule has 0 amide bonds. The van der Waals surface area contributed by atoms with E-state index in [2.05, 4.69) is 9.97 Å². The summed E-state index contributed by atoms with van der Waals surface area (Å²) < 4.78 is 49.7. The third-order valence-electron chi connectivity index (χ3n) is 6.09. The Kier molecular flexibility index (Phi) is 6.44. The molecule has 0 saturated carbocycles. The minimum Gasteiger partial charge on any atom is -0.345 e. The van der Waals surface area contributed by atoms with E-state index in [1.165, 1.54) is 18.2 Å². The smallest absolute Gasteiger partial charge is 0.238 e. The summed E-state index contributed by atoms with van der Waals surface area (Å²) in [4.78, 5) is 12.2. The Balaban J connectivity index is 1.39. The van der Waals surface area contributed by atoms with Crippen LogP contribution in [-0.4, -0.2) is 36.6 Å². The van der Waals surface area contributed by atoms with E-state index in [1.54, 1.807) is 42.7 Å². The molecule has 1 aliphatic heterocycles. The zero-order valence-electron chi connectivity index (χ0n) is 19.5. The SMILES string of the molecule is CC1(Cc2ccccc2S(N)(=O)=O)COC(c2nc(-c3ccc(F)cc3)c(-c3ccncc3)[nH]2)OC1. The van der Waals surface area contributed by atoms with Crippen LogP contribution in [0.15, 0.2) is 78.0 Å². The normalized spacial score (nSPS) is 20.4. The predicted molar refractivity (Wildman–Crippen MR) is 131 cm³/mol. The monoisotopic (exact) mass is 508 g/mol. The maximum Gasteiger partial charge on any atom is 0.238 e. The van der Waals surface area contributed by atoms with Crippen LogP contribution in [0.25, 0.3) is 22.5 Å². The number of primary sulfonamides is 1. The van der Waals surface area contributed by atoms with Crippen LogP contribution >= 0.6 is 0 Å². The molecule has 0 unspecified atom stereocenters. The van der Waals surface area contributed by atoms with Gasteiger partial charge in [-0.1, -0.05) is 25.1 Å². The van der Waals surface area contributed by atoms with Crippen molar-refractivity contribution in [3.63, 3.8) is 0 Å². The van der Waals surface area contributed by atoms with Gasteiger partial charge in [0.1, 0.15) is 5.82 Å². The molecule has 3 N–H and O–H groups in total. The maximum absolute atomic E-state index is 13.5. The third kappa shape index (κ3) is 5.07. The lowest BCUT2D eigenvalue weighted by molar-refractivity contribution is -0.233. The molecule has 0 aliphatic carbocycles. The number of sulfonamides is 1. The van der Waals surface area contributed by atoms with Crippen molar-refractivity contribution in [2.75, 3.05) is 13.2 Å². The van der Waals surface area contributed by atoms with E-state index in [4.69, 9.17) is 19.6 Å². The first-order valence-electron chi connectivity index (χ1n) is 11.3.